The number of aliphatic carboxylic acids is 1. The standard InChI is InChI=1S/C19H27ClFN3O3/c1-3-8-24(11-15-16(20)6-5-7-17(15)21)19(27)22-13-9-14(10-13)23(4-2)12-18(25)26/h5-7,13-14H,3-4,8-12H2,1-2H3,(H,22,27)(H,25,26). The van der Waals surface area contributed by atoms with Crippen LogP contribution in [0.3, 0.4) is 0 Å². The van der Waals surface area contributed by atoms with Crippen molar-refractivity contribution in [3.8, 4) is 0 Å². The van der Waals surface area contributed by atoms with Gasteiger partial charge in [-0.2, -0.15) is 0 Å². The minimum Gasteiger partial charge on any atom is -0.480 e. The smallest absolute Gasteiger partial charge is 0.317 e. The number of nitrogens with zero attached hydrogens (tertiary/aromatic N) is 2. The molecule has 1 aliphatic carbocycles. The molecule has 2 rings (SSSR count). The predicted octanol–water partition coefficient (Wildman–Crippen LogP) is 3.34. The van der Waals surface area contributed by atoms with Gasteiger partial charge in [-0.1, -0.05) is 31.5 Å². The number of amides is 2. The van der Waals surface area contributed by atoms with E-state index in [2.05, 4.69) is 5.32 Å². The monoisotopic (exact) mass is 399 g/mol. The quantitative estimate of drug-likeness (QED) is 0.668. The summed E-state index contributed by atoms with van der Waals surface area (Å²) >= 11 is 6.08. The molecule has 150 valence electrons. The third kappa shape index (κ3) is 5.81. The van der Waals surface area contributed by atoms with Gasteiger partial charge in [-0.05, 0) is 37.9 Å². The minimum absolute atomic E-state index is 0.000734. The van der Waals surface area contributed by atoms with Crippen LogP contribution in [0.15, 0.2) is 18.2 Å². The fourth-order valence-corrected chi connectivity index (χ4v) is 3.56. The number of likely N-dealkylation sites (N-methyl/N-ethyl adjacent to an activating group) is 1. The van der Waals surface area contributed by atoms with Gasteiger partial charge in [-0.25, -0.2) is 9.18 Å². The Balaban J connectivity index is 1.92. The minimum atomic E-state index is -0.847. The number of hydrogen-bond donors (Lipinski definition) is 2. The summed E-state index contributed by atoms with van der Waals surface area (Å²) in [5, 5.41) is 12.2. The van der Waals surface area contributed by atoms with Crippen molar-refractivity contribution < 1.29 is 19.1 Å². The maximum absolute atomic E-state index is 14.0. The van der Waals surface area contributed by atoms with Crippen LogP contribution in [0.1, 0.15) is 38.7 Å². The number of halogens is 2. The SMILES string of the molecule is CCCN(Cc1c(F)cccc1Cl)C(=O)NC1CC(N(CC)CC(=O)O)C1. The first kappa shape index (κ1) is 21.4. The van der Waals surface area contributed by atoms with Crippen LogP contribution in [0.5, 0.6) is 0 Å². The molecule has 1 fully saturated rings. The Bertz CT molecular complexity index is 647. The van der Waals surface area contributed by atoms with E-state index in [4.69, 9.17) is 16.7 Å². The molecule has 0 spiro atoms. The second-order valence-electron chi connectivity index (χ2n) is 6.85. The van der Waals surface area contributed by atoms with Crippen molar-refractivity contribution in [1.82, 2.24) is 15.1 Å². The Morgan fingerprint density at radius 2 is 2.04 bits per heavy atom. The van der Waals surface area contributed by atoms with Gasteiger partial charge in [0.1, 0.15) is 5.82 Å². The molecule has 0 heterocycles. The lowest BCUT2D eigenvalue weighted by molar-refractivity contribution is -0.139. The first-order chi connectivity index (χ1) is 12.8. The van der Waals surface area contributed by atoms with Crippen molar-refractivity contribution in [1.29, 1.82) is 0 Å². The number of urea groups is 1. The first-order valence-electron chi connectivity index (χ1n) is 9.29. The molecule has 0 atom stereocenters. The summed E-state index contributed by atoms with van der Waals surface area (Å²) in [5.74, 6) is -1.27. The van der Waals surface area contributed by atoms with Crippen molar-refractivity contribution in [2.75, 3.05) is 19.6 Å². The molecule has 8 heteroatoms. The Labute approximate surface area is 164 Å². The highest BCUT2D eigenvalue weighted by atomic mass is 35.5. The summed E-state index contributed by atoms with van der Waals surface area (Å²) in [6.45, 7) is 5.15. The lowest BCUT2D eigenvalue weighted by Gasteiger charge is -2.42. The second kappa shape index (κ2) is 9.90. The Hall–Kier alpha value is -1.86. The first-order valence-corrected chi connectivity index (χ1v) is 9.67. The lowest BCUT2D eigenvalue weighted by Crippen LogP contribution is -2.56. The average Bonchev–Trinajstić information content (AvgIpc) is 2.58. The van der Waals surface area contributed by atoms with Gasteiger partial charge in [0, 0.05) is 29.2 Å². The van der Waals surface area contributed by atoms with E-state index >= 15 is 0 Å². The summed E-state index contributed by atoms with van der Waals surface area (Å²) in [4.78, 5) is 27.0. The molecule has 0 aromatic heterocycles. The molecule has 1 aromatic carbocycles. The van der Waals surface area contributed by atoms with Gasteiger partial charge in [0.2, 0.25) is 0 Å². The number of rotatable bonds is 9. The molecule has 1 aromatic rings. The molecule has 0 bridgehead atoms. The normalized spacial score (nSPS) is 18.9. The number of carboxylic acids is 1. The molecule has 0 unspecified atom stereocenters. The number of carboxylic acid groups (broad SMARTS) is 1. The summed E-state index contributed by atoms with van der Waals surface area (Å²) in [6.07, 6.45) is 2.18. The zero-order chi connectivity index (χ0) is 20.0. The molecular weight excluding hydrogens is 373 g/mol. The zero-order valence-corrected chi connectivity index (χ0v) is 16.5. The van der Waals surface area contributed by atoms with Crippen molar-refractivity contribution in [2.24, 2.45) is 0 Å². The maximum Gasteiger partial charge on any atom is 0.317 e. The summed E-state index contributed by atoms with van der Waals surface area (Å²) in [7, 11) is 0. The van der Waals surface area contributed by atoms with E-state index in [9.17, 15) is 14.0 Å². The van der Waals surface area contributed by atoms with Crippen LogP contribution in [0, 0.1) is 5.82 Å². The number of carbonyl (C=O) groups excluding carboxylic acids is 1. The summed E-state index contributed by atoms with van der Waals surface area (Å²) in [5.41, 5.74) is 0.313. The Morgan fingerprint density at radius 3 is 2.59 bits per heavy atom. The maximum atomic E-state index is 14.0. The second-order valence-corrected chi connectivity index (χ2v) is 7.26. The van der Waals surface area contributed by atoms with Crippen molar-refractivity contribution in [3.63, 3.8) is 0 Å². The van der Waals surface area contributed by atoms with E-state index < -0.39 is 11.8 Å². The largest absolute Gasteiger partial charge is 0.480 e. The topological polar surface area (TPSA) is 72.9 Å². The highest BCUT2D eigenvalue weighted by Crippen LogP contribution is 2.26. The third-order valence-corrected chi connectivity index (χ3v) is 5.25. The summed E-state index contributed by atoms with van der Waals surface area (Å²) < 4.78 is 14.0. The van der Waals surface area contributed by atoms with E-state index in [0.29, 0.717) is 36.5 Å². The van der Waals surface area contributed by atoms with Gasteiger partial charge in [-0.15, -0.1) is 0 Å². The molecule has 0 radical (unpaired) electrons. The van der Waals surface area contributed by atoms with E-state index in [-0.39, 0.29) is 31.2 Å². The van der Waals surface area contributed by atoms with E-state index in [1.807, 2.05) is 18.7 Å². The van der Waals surface area contributed by atoms with E-state index in [1.54, 1.807) is 11.0 Å². The average molecular weight is 400 g/mol. The highest BCUT2D eigenvalue weighted by Gasteiger charge is 2.35. The highest BCUT2D eigenvalue weighted by molar-refractivity contribution is 6.31. The van der Waals surface area contributed by atoms with Crippen LogP contribution in [-0.2, 0) is 11.3 Å². The van der Waals surface area contributed by atoms with E-state index in [0.717, 1.165) is 6.42 Å². The molecule has 27 heavy (non-hydrogen) atoms. The number of benzene rings is 1. The van der Waals surface area contributed by atoms with Gasteiger partial charge in [-0.3, -0.25) is 9.69 Å². The van der Waals surface area contributed by atoms with Gasteiger partial charge in [0.15, 0.2) is 0 Å². The fourth-order valence-electron chi connectivity index (χ4n) is 3.34. The molecular formula is C19H27ClFN3O3. The van der Waals surface area contributed by atoms with Crippen LogP contribution in [0.2, 0.25) is 5.02 Å². The Kier molecular flexibility index (Phi) is 7.86. The van der Waals surface area contributed by atoms with Crippen LogP contribution in [0.25, 0.3) is 0 Å². The van der Waals surface area contributed by atoms with Crippen LogP contribution in [-0.4, -0.2) is 58.6 Å². The predicted molar refractivity (Wildman–Crippen MR) is 102 cm³/mol. The molecule has 0 aliphatic heterocycles. The Morgan fingerprint density at radius 1 is 1.33 bits per heavy atom. The van der Waals surface area contributed by atoms with Crippen molar-refractivity contribution in [2.45, 2.75) is 51.7 Å². The molecule has 1 aliphatic rings. The molecule has 0 saturated heterocycles. The van der Waals surface area contributed by atoms with Crippen LogP contribution >= 0.6 is 11.6 Å². The van der Waals surface area contributed by atoms with Crippen molar-refractivity contribution >= 4 is 23.6 Å². The lowest BCUT2D eigenvalue weighted by atomic mass is 9.85. The molecule has 1 saturated carbocycles. The molecule has 2 amide bonds. The summed E-state index contributed by atoms with van der Waals surface area (Å²) in [6, 6.07) is 4.40. The van der Waals surface area contributed by atoms with Crippen LogP contribution < -0.4 is 5.32 Å². The third-order valence-electron chi connectivity index (χ3n) is 4.89. The van der Waals surface area contributed by atoms with Gasteiger partial charge < -0.3 is 15.3 Å². The van der Waals surface area contributed by atoms with Gasteiger partial charge >= 0.3 is 12.0 Å². The zero-order valence-electron chi connectivity index (χ0n) is 15.8. The number of hydrogen-bond acceptors (Lipinski definition) is 3. The van der Waals surface area contributed by atoms with Crippen LogP contribution in [0.4, 0.5) is 9.18 Å². The fraction of sp³-hybridized carbons (Fsp3) is 0.579. The molecule has 2 N–H and O–H groups in total. The van der Waals surface area contributed by atoms with E-state index in [1.165, 1.54) is 12.1 Å². The van der Waals surface area contributed by atoms with Gasteiger partial charge in [0.05, 0.1) is 13.1 Å². The number of carbonyl (C=O) groups is 2. The van der Waals surface area contributed by atoms with Gasteiger partial charge in [0.25, 0.3) is 0 Å². The molecule has 6 nitrogen and oxygen atoms in total. The van der Waals surface area contributed by atoms with Crippen molar-refractivity contribution in [3.05, 3.63) is 34.6 Å². The number of nitrogens with one attached hydrogen (secondary N) is 1.